The van der Waals surface area contributed by atoms with Crippen molar-refractivity contribution in [3.05, 3.63) is 64.9 Å². The second-order valence-electron chi connectivity index (χ2n) is 7.75. The van der Waals surface area contributed by atoms with Crippen molar-refractivity contribution >= 4 is 23.4 Å². The Kier molecular flexibility index (Phi) is 8.29. The van der Waals surface area contributed by atoms with Crippen molar-refractivity contribution in [2.24, 2.45) is 0 Å². The molecule has 0 bridgehead atoms. The van der Waals surface area contributed by atoms with Crippen molar-refractivity contribution in [3.63, 3.8) is 0 Å². The Morgan fingerprint density at radius 3 is 2.52 bits per heavy atom. The van der Waals surface area contributed by atoms with Gasteiger partial charge in [-0.25, -0.2) is 4.39 Å². The second kappa shape index (κ2) is 11.1. The maximum atomic E-state index is 13.9. The zero-order chi connectivity index (χ0) is 22.2. The van der Waals surface area contributed by atoms with E-state index in [-0.39, 0.29) is 30.9 Å². The van der Waals surface area contributed by atoms with Crippen molar-refractivity contribution in [2.75, 3.05) is 6.61 Å². The van der Waals surface area contributed by atoms with E-state index in [4.69, 9.17) is 16.3 Å². The number of rotatable bonds is 9. The van der Waals surface area contributed by atoms with Gasteiger partial charge in [-0.05, 0) is 43.0 Å². The van der Waals surface area contributed by atoms with Crippen LogP contribution in [0.3, 0.4) is 0 Å². The zero-order valence-corrected chi connectivity index (χ0v) is 18.4. The number of hydrogen-bond donors (Lipinski definition) is 1. The van der Waals surface area contributed by atoms with Gasteiger partial charge >= 0.3 is 0 Å². The van der Waals surface area contributed by atoms with E-state index in [1.54, 1.807) is 18.2 Å². The number of benzene rings is 2. The molecule has 0 aliphatic heterocycles. The molecule has 0 heterocycles. The molecule has 1 N–H and O–H groups in total. The first kappa shape index (κ1) is 23.1. The Balaban J connectivity index is 1.78. The summed E-state index contributed by atoms with van der Waals surface area (Å²) in [5.41, 5.74) is 0.732. The maximum Gasteiger partial charge on any atom is 0.261 e. The van der Waals surface area contributed by atoms with Crippen LogP contribution in [0.5, 0.6) is 5.75 Å². The number of halogens is 2. The molecule has 31 heavy (non-hydrogen) atoms. The largest absolute Gasteiger partial charge is 0.481 e. The molecule has 1 saturated carbocycles. The molecule has 0 saturated heterocycles. The summed E-state index contributed by atoms with van der Waals surface area (Å²) < 4.78 is 19.3. The minimum Gasteiger partial charge on any atom is -0.481 e. The lowest BCUT2D eigenvalue weighted by atomic mass is 10.1. The summed E-state index contributed by atoms with van der Waals surface area (Å²) in [6.45, 7) is 1.65. The first-order chi connectivity index (χ1) is 15.0. The van der Waals surface area contributed by atoms with Gasteiger partial charge in [0.05, 0.1) is 0 Å². The van der Waals surface area contributed by atoms with E-state index in [9.17, 15) is 14.0 Å². The molecule has 0 aromatic heterocycles. The highest BCUT2D eigenvalue weighted by molar-refractivity contribution is 6.31. The molecule has 0 spiro atoms. The smallest absolute Gasteiger partial charge is 0.261 e. The van der Waals surface area contributed by atoms with E-state index < -0.39 is 17.8 Å². The normalized spacial score (nSPS) is 14.8. The molecule has 2 aromatic rings. The van der Waals surface area contributed by atoms with Crippen molar-refractivity contribution in [3.8, 4) is 5.75 Å². The molecule has 2 aromatic carbocycles. The van der Waals surface area contributed by atoms with Crippen LogP contribution in [0.2, 0.25) is 5.02 Å². The predicted octanol–water partition coefficient (Wildman–Crippen LogP) is 4.72. The lowest BCUT2D eigenvalue weighted by molar-refractivity contribution is -0.143. The molecule has 7 heteroatoms. The number of nitrogens with one attached hydrogen (secondary N) is 1. The Hall–Kier alpha value is -2.60. The van der Waals surface area contributed by atoms with Crippen LogP contribution >= 0.6 is 11.6 Å². The predicted molar refractivity (Wildman–Crippen MR) is 118 cm³/mol. The number of carbonyl (C=O) groups is 2. The van der Waals surface area contributed by atoms with Gasteiger partial charge in [0.25, 0.3) is 5.91 Å². The number of para-hydroxylation sites is 1. The van der Waals surface area contributed by atoms with Crippen LogP contribution in [-0.4, -0.2) is 35.4 Å². The first-order valence-electron chi connectivity index (χ1n) is 10.7. The van der Waals surface area contributed by atoms with Gasteiger partial charge < -0.3 is 15.0 Å². The number of nitrogens with zero attached hydrogens (tertiary/aromatic N) is 1. The third kappa shape index (κ3) is 6.20. The summed E-state index contributed by atoms with van der Waals surface area (Å²) in [4.78, 5) is 27.7. The van der Waals surface area contributed by atoms with E-state index in [2.05, 4.69) is 5.32 Å². The number of carbonyl (C=O) groups excluding carboxylic acids is 2. The fourth-order valence-electron chi connectivity index (χ4n) is 3.88. The summed E-state index contributed by atoms with van der Waals surface area (Å²) in [7, 11) is 0. The molecule has 1 atom stereocenters. The molecule has 2 amide bonds. The van der Waals surface area contributed by atoms with Gasteiger partial charge in [-0.2, -0.15) is 0 Å². The molecule has 1 fully saturated rings. The van der Waals surface area contributed by atoms with Gasteiger partial charge in [-0.15, -0.1) is 0 Å². The third-order valence-electron chi connectivity index (χ3n) is 5.57. The van der Waals surface area contributed by atoms with Crippen molar-refractivity contribution in [1.29, 1.82) is 0 Å². The van der Waals surface area contributed by atoms with Gasteiger partial charge in [0.15, 0.2) is 18.2 Å². The van der Waals surface area contributed by atoms with Crippen LogP contribution in [0.25, 0.3) is 0 Å². The van der Waals surface area contributed by atoms with Crippen LogP contribution in [0.1, 0.15) is 44.6 Å². The number of hydrogen-bond acceptors (Lipinski definition) is 3. The highest BCUT2D eigenvalue weighted by Gasteiger charge is 2.31. The summed E-state index contributed by atoms with van der Waals surface area (Å²) >= 11 is 6.31. The van der Waals surface area contributed by atoms with Crippen molar-refractivity contribution < 1.29 is 18.7 Å². The number of ether oxygens (including phenoxy) is 1. The molecule has 1 aliphatic rings. The van der Waals surface area contributed by atoms with Gasteiger partial charge in [0.2, 0.25) is 5.91 Å². The second-order valence-corrected chi connectivity index (χ2v) is 8.15. The Bertz CT molecular complexity index is 902. The van der Waals surface area contributed by atoms with E-state index >= 15 is 0 Å². The molecular formula is C24H28ClFN2O3. The highest BCUT2D eigenvalue weighted by atomic mass is 35.5. The summed E-state index contributed by atoms with van der Waals surface area (Å²) in [6.07, 6.45) is 4.55. The van der Waals surface area contributed by atoms with Gasteiger partial charge in [-0.3, -0.25) is 9.59 Å². The van der Waals surface area contributed by atoms with Crippen molar-refractivity contribution in [1.82, 2.24) is 10.2 Å². The summed E-state index contributed by atoms with van der Waals surface area (Å²) in [5.74, 6) is -1.13. The Morgan fingerprint density at radius 1 is 1.16 bits per heavy atom. The fraction of sp³-hybridized carbons (Fsp3) is 0.417. The third-order valence-corrected chi connectivity index (χ3v) is 5.94. The van der Waals surface area contributed by atoms with E-state index in [1.807, 2.05) is 25.1 Å². The summed E-state index contributed by atoms with van der Waals surface area (Å²) in [5, 5.41) is 3.60. The highest BCUT2D eigenvalue weighted by Crippen LogP contribution is 2.22. The molecule has 3 rings (SSSR count). The minimum absolute atomic E-state index is 0.00278. The monoisotopic (exact) mass is 446 g/mol. The molecule has 166 valence electrons. The van der Waals surface area contributed by atoms with Crippen LogP contribution in [0.4, 0.5) is 4.39 Å². The standard InChI is InChI=1S/C24H28ClFN2O3/c1-2-21(24(30)27-18-10-4-5-11-18)28(15-17-9-3-6-12-19(17)25)23(29)16-31-22-14-8-7-13-20(22)26/h3,6-9,12-14,18,21H,2,4-5,10-11,15-16H2,1H3,(H,27,30)/t21-/m0/s1. The average molecular weight is 447 g/mol. The van der Waals surface area contributed by atoms with Gasteiger partial charge in [-0.1, -0.05) is 61.7 Å². The SMILES string of the molecule is CC[C@@H](C(=O)NC1CCCC1)N(Cc1ccccc1Cl)C(=O)COc1ccccc1F. The van der Waals surface area contributed by atoms with E-state index in [1.165, 1.54) is 17.0 Å². The van der Waals surface area contributed by atoms with Crippen molar-refractivity contribution in [2.45, 2.75) is 57.7 Å². The van der Waals surface area contributed by atoms with Crippen LogP contribution in [0.15, 0.2) is 48.5 Å². The molecule has 5 nitrogen and oxygen atoms in total. The van der Waals surface area contributed by atoms with Crippen LogP contribution in [-0.2, 0) is 16.1 Å². The van der Waals surface area contributed by atoms with Crippen LogP contribution < -0.4 is 10.1 Å². The Morgan fingerprint density at radius 2 is 1.84 bits per heavy atom. The molecular weight excluding hydrogens is 419 g/mol. The lowest BCUT2D eigenvalue weighted by Crippen LogP contribution is -2.52. The average Bonchev–Trinajstić information content (AvgIpc) is 3.27. The fourth-order valence-corrected chi connectivity index (χ4v) is 4.08. The topological polar surface area (TPSA) is 58.6 Å². The maximum absolute atomic E-state index is 13.9. The summed E-state index contributed by atoms with van der Waals surface area (Å²) in [6, 6.07) is 12.6. The van der Waals surface area contributed by atoms with E-state index in [0.717, 1.165) is 31.2 Å². The number of amides is 2. The first-order valence-corrected chi connectivity index (χ1v) is 11.1. The molecule has 0 radical (unpaired) electrons. The van der Waals surface area contributed by atoms with Gasteiger partial charge in [0, 0.05) is 17.6 Å². The lowest BCUT2D eigenvalue weighted by Gasteiger charge is -2.31. The van der Waals surface area contributed by atoms with Gasteiger partial charge in [0.1, 0.15) is 6.04 Å². The Labute approximate surface area is 187 Å². The van der Waals surface area contributed by atoms with E-state index in [0.29, 0.717) is 11.4 Å². The van der Waals surface area contributed by atoms with Crippen LogP contribution in [0, 0.1) is 5.82 Å². The minimum atomic E-state index is -0.673. The molecule has 1 aliphatic carbocycles. The quantitative estimate of drug-likeness (QED) is 0.606. The molecule has 0 unspecified atom stereocenters. The zero-order valence-electron chi connectivity index (χ0n) is 17.7.